The van der Waals surface area contributed by atoms with Crippen LogP contribution in [0.2, 0.25) is 0 Å². The number of carbonyl (C=O) groups excluding carboxylic acids is 1. The second-order valence-electron chi connectivity index (χ2n) is 4.66. The number of hydrogen-bond donors (Lipinski definition) is 1. The first-order valence-corrected chi connectivity index (χ1v) is 5.99. The van der Waals surface area contributed by atoms with Gasteiger partial charge in [-0.25, -0.2) is 0 Å². The van der Waals surface area contributed by atoms with E-state index in [2.05, 4.69) is 5.10 Å². The fourth-order valence-electron chi connectivity index (χ4n) is 2.18. The minimum atomic E-state index is -0.392. The quantitative estimate of drug-likeness (QED) is 0.837. The number of Topliss-reactive ketones (excluding diaryl/α,β-unsaturated/α-hetero) is 1. The summed E-state index contributed by atoms with van der Waals surface area (Å²) in [5.74, 6) is 0.0525. The molecule has 0 radical (unpaired) electrons. The van der Waals surface area contributed by atoms with Crippen molar-refractivity contribution in [3.8, 4) is 0 Å². The summed E-state index contributed by atoms with van der Waals surface area (Å²) in [6.45, 7) is 1.72. The molecule has 1 aliphatic carbocycles. The summed E-state index contributed by atoms with van der Waals surface area (Å²) < 4.78 is 2.01. The first kappa shape index (κ1) is 11.3. The summed E-state index contributed by atoms with van der Waals surface area (Å²) in [7, 11) is 0. The van der Waals surface area contributed by atoms with Crippen molar-refractivity contribution in [2.24, 2.45) is 5.73 Å². The largest absolute Gasteiger partial charge is 0.322 e. The van der Waals surface area contributed by atoms with Gasteiger partial charge in [0.1, 0.15) is 0 Å². The van der Waals surface area contributed by atoms with Gasteiger partial charge in [-0.3, -0.25) is 9.48 Å². The molecule has 1 saturated carbocycles. The van der Waals surface area contributed by atoms with E-state index in [1.807, 2.05) is 16.9 Å². The summed E-state index contributed by atoms with van der Waals surface area (Å²) in [6, 6.07) is 2.08. The van der Waals surface area contributed by atoms with E-state index in [-0.39, 0.29) is 5.78 Å². The van der Waals surface area contributed by atoms with Crippen LogP contribution in [0.5, 0.6) is 0 Å². The van der Waals surface area contributed by atoms with Crippen LogP contribution in [-0.4, -0.2) is 21.6 Å². The third kappa shape index (κ3) is 2.50. The summed E-state index contributed by atoms with van der Waals surface area (Å²) in [6.07, 6.45) is 7.35. The Morgan fingerprint density at radius 3 is 2.94 bits per heavy atom. The predicted octanol–water partition coefficient (Wildman–Crippen LogP) is 1.46. The van der Waals surface area contributed by atoms with Crippen LogP contribution < -0.4 is 5.73 Å². The lowest BCUT2D eigenvalue weighted by molar-refractivity contribution is -0.119. The maximum absolute atomic E-state index is 11.5. The highest BCUT2D eigenvalue weighted by atomic mass is 16.1. The molecule has 1 heterocycles. The van der Waals surface area contributed by atoms with Gasteiger partial charge in [0.05, 0.1) is 24.2 Å². The second-order valence-corrected chi connectivity index (χ2v) is 4.66. The molecular formula is C12H19N3O. The summed E-state index contributed by atoms with van der Waals surface area (Å²) in [5.41, 5.74) is 6.37. The molecule has 2 N–H and O–H groups in total. The zero-order valence-corrected chi connectivity index (χ0v) is 9.72. The number of ketones is 1. The van der Waals surface area contributed by atoms with Crippen molar-refractivity contribution in [1.82, 2.24) is 9.78 Å². The molecule has 0 bridgehead atoms. The van der Waals surface area contributed by atoms with Gasteiger partial charge in [0.25, 0.3) is 0 Å². The molecule has 88 valence electrons. The zero-order chi connectivity index (χ0) is 11.5. The number of carbonyl (C=O) groups is 1. The maximum Gasteiger partial charge on any atom is 0.155 e. The van der Waals surface area contributed by atoms with Gasteiger partial charge >= 0.3 is 0 Å². The Morgan fingerprint density at radius 1 is 1.62 bits per heavy atom. The van der Waals surface area contributed by atoms with Crippen LogP contribution in [0.4, 0.5) is 0 Å². The molecule has 2 rings (SSSR count). The number of nitrogens with zero attached hydrogens (tertiary/aromatic N) is 2. The minimum absolute atomic E-state index is 0.0525. The van der Waals surface area contributed by atoms with Gasteiger partial charge in [-0.05, 0) is 25.8 Å². The van der Waals surface area contributed by atoms with Gasteiger partial charge in [0, 0.05) is 6.20 Å². The molecular weight excluding hydrogens is 202 g/mol. The Labute approximate surface area is 95.8 Å². The van der Waals surface area contributed by atoms with Gasteiger partial charge in [-0.15, -0.1) is 0 Å². The molecule has 4 nitrogen and oxygen atoms in total. The Morgan fingerprint density at radius 2 is 2.31 bits per heavy atom. The molecule has 1 aliphatic rings. The number of rotatable bonds is 4. The Bertz CT molecular complexity index is 364. The fourth-order valence-corrected chi connectivity index (χ4v) is 2.18. The lowest BCUT2D eigenvalue weighted by Crippen LogP contribution is -2.28. The first-order chi connectivity index (χ1) is 7.66. The van der Waals surface area contributed by atoms with Crippen molar-refractivity contribution < 1.29 is 4.79 Å². The Hall–Kier alpha value is -1.16. The topological polar surface area (TPSA) is 60.9 Å². The molecule has 0 aliphatic heterocycles. The van der Waals surface area contributed by atoms with Crippen molar-refractivity contribution >= 4 is 5.78 Å². The van der Waals surface area contributed by atoms with Crippen LogP contribution in [-0.2, 0) is 11.2 Å². The van der Waals surface area contributed by atoms with E-state index in [1.54, 1.807) is 6.92 Å². The third-order valence-electron chi connectivity index (χ3n) is 3.23. The molecule has 4 heteroatoms. The Kier molecular flexibility index (Phi) is 3.39. The van der Waals surface area contributed by atoms with E-state index in [0.29, 0.717) is 12.5 Å². The standard InChI is InChI=1S/C12H19N3O/c1-9(13)12(16)8-10-6-7-15(14-10)11-4-2-3-5-11/h6-7,9,11H,2-5,8,13H2,1H3. The summed E-state index contributed by atoms with van der Waals surface area (Å²) in [4.78, 5) is 11.5. The van der Waals surface area contributed by atoms with Crippen LogP contribution in [0.1, 0.15) is 44.3 Å². The lowest BCUT2D eigenvalue weighted by Gasteiger charge is -2.08. The van der Waals surface area contributed by atoms with Gasteiger partial charge in [-0.1, -0.05) is 12.8 Å². The first-order valence-electron chi connectivity index (χ1n) is 5.99. The van der Waals surface area contributed by atoms with E-state index in [1.165, 1.54) is 25.7 Å². The molecule has 0 aromatic carbocycles. The number of aromatic nitrogens is 2. The van der Waals surface area contributed by atoms with Crippen LogP contribution in [0.3, 0.4) is 0 Å². The molecule has 16 heavy (non-hydrogen) atoms. The van der Waals surface area contributed by atoms with Crippen molar-refractivity contribution in [3.05, 3.63) is 18.0 Å². The van der Waals surface area contributed by atoms with Crippen molar-refractivity contribution in [2.45, 2.75) is 51.1 Å². The Balaban J connectivity index is 1.99. The molecule has 1 aromatic heterocycles. The lowest BCUT2D eigenvalue weighted by atomic mass is 10.1. The monoisotopic (exact) mass is 221 g/mol. The molecule has 1 unspecified atom stereocenters. The summed E-state index contributed by atoms with van der Waals surface area (Å²) in [5, 5.41) is 4.45. The van der Waals surface area contributed by atoms with E-state index in [0.717, 1.165) is 5.69 Å². The van der Waals surface area contributed by atoms with Gasteiger partial charge < -0.3 is 5.73 Å². The van der Waals surface area contributed by atoms with Gasteiger partial charge in [0.2, 0.25) is 0 Å². The predicted molar refractivity (Wildman–Crippen MR) is 62.1 cm³/mol. The van der Waals surface area contributed by atoms with Crippen LogP contribution in [0, 0.1) is 0 Å². The van der Waals surface area contributed by atoms with Gasteiger partial charge in [-0.2, -0.15) is 5.10 Å². The van der Waals surface area contributed by atoms with Crippen LogP contribution in [0.15, 0.2) is 12.3 Å². The highest BCUT2D eigenvalue weighted by Gasteiger charge is 2.18. The average molecular weight is 221 g/mol. The number of hydrogen-bond acceptors (Lipinski definition) is 3. The second kappa shape index (κ2) is 4.78. The molecule has 0 amide bonds. The summed E-state index contributed by atoms with van der Waals surface area (Å²) >= 11 is 0. The SMILES string of the molecule is CC(N)C(=O)Cc1ccn(C2CCCC2)n1. The van der Waals surface area contributed by atoms with Gasteiger partial charge in [0.15, 0.2) is 5.78 Å². The molecule has 1 fully saturated rings. The normalized spacial score (nSPS) is 18.9. The molecule has 0 saturated heterocycles. The fraction of sp³-hybridized carbons (Fsp3) is 0.667. The minimum Gasteiger partial charge on any atom is -0.322 e. The van der Waals surface area contributed by atoms with E-state index < -0.39 is 6.04 Å². The molecule has 1 atom stereocenters. The van der Waals surface area contributed by atoms with E-state index in [4.69, 9.17) is 5.73 Å². The molecule has 1 aromatic rings. The van der Waals surface area contributed by atoms with E-state index in [9.17, 15) is 4.79 Å². The number of nitrogens with two attached hydrogens (primary N) is 1. The van der Waals surface area contributed by atoms with Crippen molar-refractivity contribution in [2.75, 3.05) is 0 Å². The van der Waals surface area contributed by atoms with Crippen LogP contribution >= 0.6 is 0 Å². The molecule has 0 spiro atoms. The highest BCUT2D eigenvalue weighted by Crippen LogP contribution is 2.28. The average Bonchev–Trinajstić information content (AvgIpc) is 2.85. The zero-order valence-electron chi connectivity index (χ0n) is 9.72. The smallest absolute Gasteiger partial charge is 0.155 e. The van der Waals surface area contributed by atoms with Crippen LogP contribution in [0.25, 0.3) is 0 Å². The van der Waals surface area contributed by atoms with Crippen molar-refractivity contribution in [1.29, 1.82) is 0 Å². The highest BCUT2D eigenvalue weighted by molar-refractivity contribution is 5.85. The van der Waals surface area contributed by atoms with Crippen molar-refractivity contribution in [3.63, 3.8) is 0 Å². The maximum atomic E-state index is 11.5. The van der Waals surface area contributed by atoms with E-state index >= 15 is 0 Å². The third-order valence-corrected chi connectivity index (χ3v) is 3.23.